The second kappa shape index (κ2) is 7.11. The van der Waals surface area contributed by atoms with Crippen molar-refractivity contribution in [3.63, 3.8) is 0 Å². The van der Waals surface area contributed by atoms with E-state index in [0.717, 1.165) is 26.1 Å². The summed E-state index contributed by atoms with van der Waals surface area (Å²) in [5.41, 5.74) is 0. The number of ether oxygens (including phenoxy) is 2. The summed E-state index contributed by atoms with van der Waals surface area (Å²) >= 11 is 0. The van der Waals surface area contributed by atoms with Crippen LogP contribution in [0.4, 0.5) is 0 Å². The molecular formula is C15H25NO2. The first-order chi connectivity index (χ1) is 8.86. The minimum Gasteiger partial charge on any atom is -0.381 e. The molecule has 2 bridgehead atoms. The molecule has 2 saturated heterocycles. The maximum absolute atomic E-state index is 8.89. The Morgan fingerprint density at radius 1 is 1.17 bits per heavy atom. The van der Waals surface area contributed by atoms with Crippen molar-refractivity contribution in [3.05, 3.63) is 0 Å². The normalized spacial score (nSPS) is 33.8. The van der Waals surface area contributed by atoms with Crippen molar-refractivity contribution in [2.75, 3.05) is 13.2 Å². The Morgan fingerprint density at radius 3 is 2.67 bits per heavy atom. The van der Waals surface area contributed by atoms with Crippen LogP contribution in [0.15, 0.2) is 0 Å². The van der Waals surface area contributed by atoms with E-state index in [-0.39, 0.29) is 0 Å². The van der Waals surface area contributed by atoms with Gasteiger partial charge in [-0.1, -0.05) is 26.2 Å². The lowest BCUT2D eigenvalue weighted by atomic mass is 9.78. The van der Waals surface area contributed by atoms with Gasteiger partial charge in [0.1, 0.15) is 0 Å². The first-order valence-electron chi connectivity index (χ1n) is 7.47. The van der Waals surface area contributed by atoms with E-state index in [0.29, 0.717) is 30.5 Å². The minimum atomic E-state index is 0.336. The van der Waals surface area contributed by atoms with Crippen LogP contribution in [0.2, 0.25) is 0 Å². The van der Waals surface area contributed by atoms with Gasteiger partial charge in [0.25, 0.3) is 0 Å². The molecule has 0 spiro atoms. The molecule has 0 amide bonds. The van der Waals surface area contributed by atoms with Gasteiger partial charge in [0.15, 0.2) is 0 Å². The van der Waals surface area contributed by atoms with Gasteiger partial charge in [-0.25, -0.2) is 0 Å². The average Bonchev–Trinajstić information content (AvgIpc) is 2.96. The maximum Gasteiger partial charge on any atom is 0.0634 e. The molecule has 2 heterocycles. The molecular weight excluding hydrogens is 226 g/mol. The number of hydrogen-bond acceptors (Lipinski definition) is 3. The first kappa shape index (κ1) is 13.8. The Morgan fingerprint density at radius 2 is 1.94 bits per heavy atom. The molecule has 2 rings (SSSR count). The van der Waals surface area contributed by atoms with Gasteiger partial charge in [0.05, 0.1) is 24.9 Å². The SMILES string of the molecule is CCCCCCOC[C@@H]1[C@H](CC#N)[C@@H]2CC[C@H]1O2. The molecule has 102 valence electrons. The standard InChI is InChI=1S/C15H25NO2/c1-2-3-4-5-10-17-11-13-12(8-9-16)14-6-7-15(13)18-14/h12-15H,2-8,10-11H2,1H3/t12-,13+,14-,15+/m0/s1. The van der Waals surface area contributed by atoms with Crippen molar-refractivity contribution in [3.8, 4) is 6.07 Å². The summed E-state index contributed by atoms with van der Waals surface area (Å²) in [5, 5.41) is 8.89. The van der Waals surface area contributed by atoms with Crippen molar-refractivity contribution in [1.29, 1.82) is 5.26 Å². The summed E-state index contributed by atoms with van der Waals surface area (Å²) in [6.45, 7) is 3.88. The van der Waals surface area contributed by atoms with Gasteiger partial charge in [-0.3, -0.25) is 0 Å². The van der Waals surface area contributed by atoms with Crippen LogP contribution in [0.25, 0.3) is 0 Å². The van der Waals surface area contributed by atoms with Gasteiger partial charge < -0.3 is 9.47 Å². The number of rotatable bonds is 8. The second-order valence-corrected chi connectivity index (χ2v) is 5.62. The van der Waals surface area contributed by atoms with Crippen LogP contribution in [0.1, 0.15) is 51.9 Å². The zero-order valence-electron chi connectivity index (χ0n) is 11.4. The Hall–Kier alpha value is -0.590. The third-order valence-electron chi connectivity index (χ3n) is 4.37. The van der Waals surface area contributed by atoms with E-state index in [1.165, 1.54) is 25.7 Å². The molecule has 0 aromatic carbocycles. The third kappa shape index (κ3) is 3.24. The predicted octanol–water partition coefficient (Wildman–Crippen LogP) is 3.29. The smallest absolute Gasteiger partial charge is 0.0634 e. The highest BCUT2D eigenvalue weighted by Gasteiger charge is 2.48. The topological polar surface area (TPSA) is 42.2 Å². The third-order valence-corrected chi connectivity index (χ3v) is 4.37. The van der Waals surface area contributed by atoms with E-state index < -0.39 is 0 Å². The fourth-order valence-electron chi connectivity index (χ4n) is 3.34. The number of hydrogen-bond donors (Lipinski definition) is 0. The number of nitriles is 1. The van der Waals surface area contributed by atoms with Crippen LogP contribution in [0.3, 0.4) is 0 Å². The quantitative estimate of drug-likeness (QED) is 0.622. The summed E-state index contributed by atoms with van der Waals surface area (Å²) in [6, 6.07) is 2.31. The Labute approximate surface area is 110 Å². The van der Waals surface area contributed by atoms with Crippen LogP contribution >= 0.6 is 0 Å². The molecule has 18 heavy (non-hydrogen) atoms. The summed E-state index contributed by atoms with van der Waals surface area (Å²) in [5.74, 6) is 0.888. The largest absolute Gasteiger partial charge is 0.381 e. The highest BCUT2D eigenvalue weighted by atomic mass is 16.5. The van der Waals surface area contributed by atoms with Crippen LogP contribution in [0, 0.1) is 23.2 Å². The zero-order valence-corrected chi connectivity index (χ0v) is 11.4. The van der Waals surface area contributed by atoms with Gasteiger partial charge >= 0.3 is 0 Å². The van der Waals surface area contributed by atoms with E-state index in [2.05, 4.69) is 13.0 Å². The van der Waals surface area contributed by atoms with Crippen molar-refractivity contribution < 1.29 is 9.47 Å². The van der Waals surface area contributed by atoms with Crippen LogP contribution in [-0.2, 0) is 9.47 Å². The molecule has 0 aromatic heterocycles. The lowest BCUT2D eigenvalue weighted by Crippen LogP contribution is -2.30. The number of nitrogens with zero attached hydrogens (tertiary/aromatic N) is 1. The molecule has 0 unspecified atom stereocenters. The summed E-state index contributed by atoms with van der Waals surface area (Å²) < 4.78 is 11.7. The average molecular weight is 251 g/mol. The van der Waals surface area contributed by atoms with Crippen molar-refractivity contribution in [2.24, 2.45) is 11.8 Å². The van der Waals surface area contributed by atoms with E-state index in [1.807, 2.05) is 0 Å². The maximum atomic E-state index is 8.89. The van der Waals surface area contributed by atoms with Crippen molar-refractivity contribution in [2.45, 2.75) is 64.1 Å². The fraction of sp³-hybridized carbons (Fsp3) is 0.933. The Kier molecular flexibility index (Phi) is 5.46. The van der Waals surface area contributed by atoms with Gasteiger partial charge in [-0.2, -0.15) is 5.26 Å². The van der Waals surface area contributed by atoms with Gasteiger partial charge in [-0.05, 0) is 19.3 Å². The molecule has 2 fully saturated rings. The monoisotopic (exact) mass is 251 g/mol. The van der Waals surface area contributed by atoms with E-state index in [1.54, 1.807) is 0 Å². The van der Waals surface area contributed by atoms with Gasteiger partial charge in [0.2, 0.25) is 0 Å². The molecule has 2 aliphatic rings. The number of fused-ring (bicyclic) bond motifs is 2. The van der Waals surface area contributed by atoms with E-state index in [4.69, 9.17) is 14.7 Å². The highest BCUT2D eigenvalue weighted by molar-refractivity contribution is 4.99. The zero-order chi connectivity index (χ0) is 12.8. The van der Waals surface area contributed by atoms with E-state index >= 15 is 0 Å². The first-order valence-corrected chi connectivity index (χ1v) is 7.47. The number of unbranched alkanes of at least 4 members (excludes halogenated alkanes) is 3. The lowest BCUT2D eigenvalue weighted by molar-refractivity contribution is 0.0479. The van der Waals surface area contributed by atoms with Crippen LogP contribution < -0.4 is 0 Å². The summed E-state index contributed by atoms with van der Waals surface area (Å²) in [6.07, 6.45) is 8.64. The van der Waals surface area contributed by atoms with Crippen LogP contribution in [0.5, 0.6) is 0 Å². The molecule has 0 aliphatic carbocycles. The van der Waals surface area contributed by atoms with E-state index in [9.17, 15) is 0 Å². The summed E-state index contributed by atoms with van der Waals surface area (Å²) in [4.78, 5) is 0. The molecule has 4 atom stereocenters. The minimum absolute atomic E-state index is 0.336. The lowest BCUT2D eigenvalue weighted by Gasteiger charge is -2.25. The predicted molar refractivity (Wildman–Crippen MR) is 70.1 cm³/mol. The Balaban J connectivity index is 1.66. The van der Waals surface area contributed by atoms with Crippen LogP contribution in [-0.4, -0.2) is 25.4 Å². The van der Waals surface area contributed by atoms with Crippen molar-refractivity contribution in [1.82, 2.24) is 0 Å². The molecule has 0 N–H and O–H groups in total. The molecule has 0 radical (unpaired) electrons. The molecule has 0 aromatic rings. The molecule has 2 aliphatic heterocycles. The van der Waals surface area contributed by atoms with Gasteiger partial charge in [0, 0.05) is 24.9 Å². The van der Waals surface area contributed by atoms with Gasteiger partial charge in [-0.15, -0.1) is 0 Å². The highest BCUT2D eigenvalue weighted by Crippen LogP contribution is 2.44. The fourth-order valence-corrected chi connectivity index (χ4v) is 3.34. The molecule has 3 nitrogen and oxygen atoms in total. The Bertz CT molecular complexity index is 287. The summed E-state index contributed by atoms with van der Waals surface area (Å²) in [7, 11) is 0. The molecule has 0 saturated carbocycles. The van der Waals surface area contributed by atoms with Crippen molar-refractivity contribution >= 4 is 0 Å². The molecule has 3 heteroatoms. The second-order valence-electron chi connectivity index (χ2n) is 5.62.